The van der Waals surface area contributed by atoms with Crippen molar-refractivity contribution in [3.63, 3.8) is 0 Å². The number of hydrogen-bond donors (Lipinski definition) is 1. The van der Waals surface area contributed by atoms with E-state index in [4.69, 9.17) is 11.6 Å². The number of benzene rings is 2. The first-order chi connectivity index (χ1) is 8.69. The molecule has 2 heteroatoms. The second-order valence-corrected chi connectivity index (χ2v) is 4.89. The molecule has 0 saturated carbocycles. The first-order valence-corrected chi connectivity index (χ1v) is 6.64. The summed E-state index contributed by atoms with van der Waals surface area (Å²) < 4.78 is 0. The van der Waals surface area contributed by atoms with Crippen LogP contribution in [0.4, 0.5) is 5.69 Å². The molecular formula is C16H18ClN. The van der Waals surface area contributed by atoms with Crippen LogP contribution in [0.1, 0.15) is 23.6 Å². The van der Waals surface area contributed by atoms with Gasteiger partial charge in [-0.25, -0.2) is 0 Å². The van der Waals surface area contributed by atoms with Gasteiger partial charge in [0.1, 0.15) is 0 Å². The average molecular weight is 260 g/mol. The Morgan fingerprint density at radius 1 is 1.00 bits per heavy atom. The molecule has 0 aliphatic carbocycles. The molecule has 0 aliphatic rings. The number of hydrogen-bond acceptors (Lipinski definition) is 1. The van der Waals surface area contributed by atoms with Gasteiger partial charge in [-0.1, -0.05) is 48.9 Å². The van der Waals surface area contributed by atoms with Crippen molar-refractivity contribution in [3.05, 3.63) is 64.2 Å². The summed E-state index contributed by atoms with van der Waals surface area (Å²) in [4.78, 5) is 0. The first-order valence-electron chi connectivity index (χ1n) is 6.27. The number of rotatable bonds is 4. The van der Waals surface area contributed by atoms with Crippen LogP contribution in [-0.2, 0) is 13.0 Å². The van der Waals surface area contributed by atoms with Crippen molar-refractivity contribution < 1.29 is 0 Å². The lowest BCUT2D eigenvalue weighted by molar-refractivity contribution is 1.11. The second-order valence-electron chi connectivity index (χ2n) is 4.49. The Kier molecular flexibility index (Phi) is 4.27. The SMILES string of the molecule is CCc1ccc(CNc2ccc(C)c(Cl)c2)cc1. The second kappa shape index (κ2) is 5.92. The Morgan fingerprint density at radius 3 is 2.28 bits per heavy atom. The number of halogens is 1. The Bertz CT molecular complexity index is 517. The summed E-state index contributed by atoms with van der Waals surface area (Å²) in [6, 6.07) is 14.8. The zero-order chi connectivity index (χ0) is 13.0. The molecule has 1 nitrogen and oxygen atoms in total. The fourth-order valence-electron chi connectivity index (χ4n) is 1.80. The minimum atomic E-state index is 0.807. The predicted octanol–water partition coefficient (Wildman–Crippen LogP) is 4.82. The number of aryl methyl sites for hydroxylation is 2. The van der Waals surface area contributed by atoms with Crippen LogP contribution in [0.5, 0.6) is 0 Å². The molecule has 2 aromatic carbocycles. The molecule has 18 heavy (non-hydrogen) atoms. The van der Waals surface area contributed by atoms with Crippen LogP contribution in [0.15, 0.2) is 42.5 Å². The normalized spacial score (nSPS) is 10.4. The first kappa shape index (κ1) is 13.0. The fraction of sp³-hybridized carbons (Fsp3) is 0.250. The molecule has 0 spiro atoms. The number of anilines is 1. The van der Waals surface area contributed by atoms with E-state index in [9.17, 15) is 0 Å². The molecule has 0 atom stereocenters. The van der Waals surface area contributed by atoms with Gasteiger partial charge in [0.15, 0.2) is 0 Å². The molecule has 0 radical (unpaired) electrons. The van der Waals surface area contributed by atoms with Crippen molar-refractivity contribution in [1.29, 1.82) is 0 Å². The standard InChI is InChI=1S/C16H18ClN/c1-3-13-5-7-14(8-6-13)11-18-15-9-4-12(2)16(17)10-15/h4-10,18H,3,11H2,1-2H3. The zero-order valence-electron chi connectivity index (χ0n) is 10.8. The van der Waals surface area contributed by atoms with Gasteiger partial charge in [-0.3, -0.25) is 0 Å². The van der Waals surface area contributed by atoms with Gasteiger partial charge in [-0.05, 0) is 42.2 Å². The third kappa shape index (κ3) is 3.27. The van der Waals surface area contributed by atoms with Crippen molar-refractivity contribution in [3.8, 4) is 0 Å². The van der Waals surface area contributed by atoms with Gasteiger partial charge < -0.3 is 5.32 Å². The molecule has 0 heterocycles. The van der Waals surface area contributed by atoms with E-state index in [1.807, 2.05) is 19.1 Å². The van der Waals surface area contributed by atoms with E-state index in [1.54, 1.807) is 0 Å². The molecule has 0 fully saturated rings. The zero-order valence-corrected chi connectivity index (χ0v) is 11.6. The molecule has 0 aliphatic heterocycles. The van der Waals surface area contributed by atoms with Gasteiger partial charge in [0.05, 0.1) is 0 Å². The van der Waals surface area contributed by atoms with Gasteiger partial charge >= 0.3 is 0 Å². The maximum Gasteiger partial charge on any atom is 0.0455 e. The van der Waals surface area contributed by atoms with Crippen LogP contribution in [-0.4, -0.2) is 0 Å². The van der Waals surface area contributed by atoms with Crippen molar-refractivity contribution in [2.24, 2.45) is 0 Å². The highest BCUT2D eigenvalue weighted by Gasteiger charge is 1.98. The van der Waals surface area contributed by atoms with Crippen LogP contribution in [0, 0.1) is 6.92 Å². The van der Waals surface area contributed by atoms with Gasteiger partial charge in [0.25, 0.3) is 0 Å². The minimum Gasteiger partial charge on any atom is -0.381 e. The van der Waals surface area contributed by atoms with Crippen molar-refractivity contribution >= 4 is 17.3 Å². The molecule has 1 N–H and O–H groups in total. The summed E-state index contributed by atoms with van der Waals surface area (Å²) in [5.41, 5.74) is 4.82. The highest BCUT2D eigenvalue weighted by Crippen LogP contribution is 2.20. The minimum absolute atomic E-state index is 0.807. The van der Waals surface area contributed by atoms with E-state index >= 15 is 0 Å². The fourth-order valence-corrected chi connectivity index (χ4v) is 1.98. The van der Waals surface area contributed by atoms with E-state index in [-0.39, 0.29) is 0 Å². The summed E-state index contributed by atoms with van der Waals surface area (Å²) in [7, 11) is 0. The average Bonchev–Trinajstić information content (AvgIpc) is 2.41. The smallest absolute Gasteiger partial charge is 0.0455 e. The maximum absolute atomic E-state index is 6.10. The van der Waals surface area contributed by atoms with Crippen molar-refractivity contribution in [2.45, 2.75) is 26.8 Å². The molecule has 0 amide bonds. The largest absolute Gasteiger partial charge is 0.381 e. The molecule has 94 valence electrons. The summed E-state index contributed by atoms with van der Waals surface area (Å²) >= 11 is 6.10. The van der Waals surface area contributed by atoms with Crippen LogP contribution < -0.4 is 5.32 Å². The van der Waals surface area contributed by atoms with E-state index in [0.29, 0.717) is 0 Å². The Balaban J connectivity index is 1.99. The maximum atomic E-state index is 6.10. The Hall–Kier alpha value is -1.47. The van der Waals surface area contributed by atoms with Gasteiger partial charge in [-0.15, -0.1) is 0 Å². The summed E-state index contributed by atoms with van der Waals surface area (Å²) in [6.45, 7) is 5.00. The van der Waals surface area contributed by atoms with Crippen LogP contribution in [0.3, 0.4) is 0 Å². The lowest BCUT2D eigenvalue weighted by Gasteiger charge is -2.08. The van der Waals surface area contributed by atoms with Crippen LogP contribution in [0.25, 0.3) is 0 Å². The summed E-state index contributed by atoms with van der Waals surface area (Å²) in [5, 5.41) is 4.19. The molecule has 0 saturated heterocycles. The molecule has 0 bridgehead atoms. The van der Waals surface area contributed by atoms with E-state index < -0.39 is 0 Å². The van der Waals surface area contributed by atoms with Gasteiger partial charge in [0, 0.05) is 17.3 Å². The molecule has 0 aromatic heterocycles. The lowest BCUT2D eigenvalue weighted by atomic mass is 10.1. The van der Waals surface area contributed by atoms with E-state index in [2.05, 4.69) is 42.6 Å². The summed E-state index contributed by atoms with van der Waals surface area (Å²) in [5.74, 6) is 0. The quantitative estimate of drug-likeness (QED) is 0.830. The lowest BCUT2D eigenvalue weighted by Crippen LogP contribution is -1.99. The molecule has 0 unspecified atom stereocenters. The highest BCUT2D eigenvalue weighted by atomic mass is 35.5. The van der Waals surface area contributed by atoms with E-state index in [0.717, 1.165) is 29.2 Å². The molecule has 2 rings (SSSR count). The van der Waals surface area contributed by atoms with Crippen LogP contribution in [0.2, 0.25) is 5.02 Å². The van der Waals surface area contributed by atoms with E-state index in [1.165, 1.54) is 11.1 Å². The third-order valence-corrected chi connectivity index (χ3v) is 3.51. The third-order valence-electron chi connectivity index (χ3n) is 3.10. The van der Waals surface area contributed by atoms with Crippen molar-refractivity contribution in [2.75, 3.05) is 5.32 Å². The summed E-state index contributed by atoms with van der Waals surface area (Å²) in [6.07, 6.45) is 1.08. The highest BCUT2D eigenvalue weighted by molar-refractivity contribution is 6.31. The predicted molar refractivity (Wildman–Crippen MR) is 79.3 cm³/mol. The monoisotopic (exact) mass is 259 g/mol. The van der Waals surface area contributed by atoms with Crippen molar-refractivity contribution in [1.82, 2.24) is 0 Å². The Morgan fingerprint density at radius 2 is 1.67 bits per heavy atom. The topological polar surface area (TPSA) is 12.0 Å². The van der Waals surface area contributed by atoms with Gasteiger partial charge in [-0.2, -0.15) is 0 Å². The van der Waals surface area contributed by atoms with Crippen LogP contribution >= 0.6 is 11.6 Å². The Labute approximate surface area is 114 Å². The number of nitrogens with one attached hydrogen (secondary N) is 1. The van der Waals surface area contributed by atoms with Gasteiger partial charge in [0.2, 0.25) is 0 Å². The molecule has 2 aromatic rings. The molecular weight excluding hydrogens is 242 g/mol.